The van der Waals surface area contributed by atoms with E-state index < -0.39 is 0 Å². The van der Waals surface area contributed by atoms with Crippen LogP contribution in [0.15, 0.2) is 34.1 Å². The van der Waals surface area contributed by atoms with Gasteiger partial charge in [0.2, 0.25) is 0 Å². The summed E-state index contributed by atoms with van der Waals surface area (Å²) in [5.41, 5.74) is 3.89. The van der Waals surface area contributed by atoms with Crippen molar-refractivity contribution in [2.75, 3.05) is 5.32 Å². The highest BCUT2D eigenvalue weighted by molar-refractivity contribution is 9.11. The number of hydrogen-bond donors (Lipinski definition) is 1. The summed E-state index contributed by atoms with van der Waals surface area (Å²) in [7, 11) is 0. The molecule has 3 heteroatoms. The van der Waals surface area contributed by atoms with Gasteiger partial charge in [0.05, 0.1) is 3.79 Å². The third kappa shape index (κ3) is 2.66. The summed E-state index contributed by atoms with van der Waals surface area (Å²) in [6.07, 6.45) is 0. The molecule has 0 saturated heterocycles. The van der Waals surface area contributed by atoms with Gasteiger partial charge in [-0.3, -0.25) is 0 Å². The number of aryl methyl sites for hydroxylation is 1. The normalized spacial score (nSPS) is 10.4. The summed E-state index contributed by atoms with van der Waals surface area (Å²) in [5.74, 6) is 0. The maximum atomic E-state index is 3.48. The molecule has 0 unspecified atom stereocenters. The first kappa shape index (κ1) is 11.7. The maximum absolute atomic E-state index is 3.48. The van der Waals surface area contributed by atoms with Crippen molar-refractivity contribution in [3.05, 3.63) is 50.1 Å². The average Bonchev–Trinajstić information content (AvgIpc) is 2.67. The van der Waals surface area contributed by atoms with Crippen LogP contribution in [0.2, 0.25) is 0 Å². The first-order chi connectivity index (χ1) is 7.66. The molecule has 1 heterocycles. The van der Waals surface area contributed by atoms with E-state index in [0.29, 0.717) is 0 Å². The zero-order valence-corrected chi connectivity index (χ0v) is 11.8. The Labute approximate surface area is 109 Å². The van der Waals surface area contributed by atoms with E-state index in [1.807, 2.05) is 0 Å². The maximum Gasteiger partial charge on any atom is 0.0702 e. The van der Waals surface area contributed by atoms with Gasteiger partial charge in [0, 0.05) is 17.1 Å². The minimum Gasteiger partial charge on any atom is -0.380 e. The highest BCUT2D eigenvalue weighted by Crippen LogP contribution is 2.24. The van der Waals surface area contributed by atoms with E-state index in [1.54, 1.807) is 11.3 Å². The average molecular weight is 296 g/mol. The van der Waals surface area contributed by atoms with Crippen LogP contribution < -0.4 is 5.32 Å². The standard InChI is InChI=1S/C13H14BrNS/c1-9-4-3-5-12(10(9)2)15-8-11-6-7-13(14)16-11/h3-7,15H,8H2,1-2H3. The van der Waals surface area contributed by atoms with E-state index in [2.05, 4.69) is 65.4 Å². The molecule has 16 heavy (non-hydrogen) atoms. The van der Waals surface area contributed by atoms with Crippen LogP contribution in [0.1, 0.15) is 16.0 Å². The van der Waals surface area contributed by atoms with Crippen LogP contribution in [0, 0.1) is 13.8 Å². The second-order valence-electron chi connectivity index (χ2n) is 3.81. The monoisotopic (exact) mass is 295 g/mol. The van der Waals surface area contributed by atoms with Gasteiger partial charge in [0.15, 0.2) is 0 Å². The second kappa shape index (κ2) is 5.02. The quantitative estimate of drug-likeness (QED) is 0.862. The largest absolute Gasteiger partial charge is 0.380 e. The van der Waals surface area contributed by atoms with Crippen molar-refractivity contribution in [2.24, 2.45) is 0 Å². The molecule has 0 bridgehead atoms. The molecule has 1 nitrogen and oxygen atoms in total. The molecule has 2 rings (SSSR count). The number of anilines is 1. The predicted octanol–water partition coefficient (Wildman–Crippen LogP) is 4.74. The summed E-state index contributed by atoms with van der Waals surface area (Å²) >= 11 is 5.25. The second-order valence-corrected chi connectivity index (χ2v) is 6.35. The van der Waals surface area contributed by atoms with Crippen LogP contribution in [-0.4, -0.2) is 0 Å². The van der Waals surface area contributed by atoms with Gasteiger partial charge >= 0.3 is 0 Å². The third-order valence-electron chi connectivity index (χ3n) is 2.69. The minimum absolute atomic E-state index is 0.889. The number of halogens is 1. The molecular weight excluding hydrogens is 282 g/mol. The summed E-state index contributed by atoms with van der Waals surface area (Å²) in [6, 6.07) is 10.6. The van der Waals surface area contributed by atoms with Crippen LogP contribution >= 0.6 is 27.3 Å². The van der Waals surface area contributed by atoms with Crippen molar-refractivity contribution >= 4 is 33.0 Å². The fourth-order valence-electron chi connectivity index (χ4n) is 1.57. The van der Waals surface area contributed by atoms with Crippen molar-refractivity contribution in [3.63, 3.8) is 0 Å². The van der Waals surface area contributed by atoms with Gasteiger partial charge in [-0.05, 0) is 59.1 Å². The van der Waals surface area contributed by atoms with Crippen LogP contribution in [-0.2, 0) is 6.54 Å². The summed E-state index contributed by atoms with van der Waals surface area (Å²) in [5, 5.41) is 3.47. The lowest BCUT2D eigenvalue weighted by Gasteiger charge is -2.10. The number of benzene rings is 1. The molecule has 0 aliphatic rings. The van der Waals surface area contributed by atoms with Gasteiger partial charge in [-0.15, -0.1) is 11.3 Å². The van der Waals surface area contributed by atoms with Gasteiger partial charge in [-0.1, -0.05) is 12.1 Å². The highest BCUT2D eigenvalue weighted by Gasteiger charge is 2.01. The Kier molecular flexibility index (Phi) is 3.66. The fourth-order valence-corrected chi connectivity index (χ4v) is 2.99. The third-order valence-corrected chi connectivity index (χ3v) is 4.31. The summed E-state index contributed by atoms with van der Waals surface area (Å²) in [6.45, 7) is 5.19. The molecule has 0 aliphatic carbocycles. The van der Waals surface area contributed by atoms with Crippen molar-refractivity contribution in [3.8, 4) is 0 Å². The zero-order valence-electron chi connectivity index (χ0n) is 9.38. The molecular formula is C13H14BrNS. The van der Waals surface area contributed by atoms with Crippen LogP contribution in [0.5, 0.6) is 0 Å². The molecule has 0 amide bonds. The Morgan fingerprint density at radius 1 is 1.19 bits per heavy atom. The molecule has 1 aromatic heterocycles. The van der Waals surface area contributed by atoms with Gasteiger partial charge in [-0.25, -0.2) is 0 Å². The topological polar surface area (TPSA) is 12.0 Å². The lowest BCUT2D eigenvalue weighted by molar-refractivity contribution is 1.17. The Balaban J connectivity index is 2.07. The van der Waals surface area contributed by atoms with Gasteiger partial charge in [-0.2, -0.15) is 0 Å². The minimum atomic E-state index is 0.889. The molecule has 0 saturated carbocycles. The van der Waals surface area contributed by atoms with Gasteiger partial charge < -0.3 is 5.32 Å². The first-order valence-electron chi connectivity index (χ1n) is 5.21. The summed E-state index contributed by atoms with van der Waals surface area (Å²) in [4.78, 5) is 1.34. The van der Waals surface area contributed by atoms with Crippen molar-refractivity contribution in [2.45, 2.75) is 20.4 Å². The van der Waals surface area contributed by atoms with E-state index in [4.69, 9.17) is 0 Å². The molecule has 1 N–H and O–H groups in total. The molecule has 1 aromatic carbocycles. The summed E-state index contributed by atoms with van der Waals surface area (Å²) < 4.78 is 1.19. The molecule has 0 spiro atoms. The van der Waals surface area contributed by atoms with Crippen LogP contribution in [0.25, 0.3) is 0 Å². The number of rotatable bonds is 3. The molecule has 84 valence electrons. The lowest BCUT2D eigenvalue weighted by Crippen LogP contribution is -2.00. The molecule has 0 aliphatic heterocycles. The number of hydrogen-bond acceptors (Lipinski definition) is 2. The molecule has 0 radical (unpaired) electrons. The van der Waals surface area contributed by atoms with Gasteiger partial charge in [0.1, 0.15) is 0 Å². The zero-order chi connectivity index (χ0) is 11.5. The SMILES string of the molecule is Cc1cccc(NCc2ccc(Br)s2)c1C. The Morgan fingerprint density at radius 3 is 2.69 bits per heavy atom. The molecule has 0 fully saturated rings. The van der Waals surface area contributed by atoms with Gasteiger partial charge in [0.25, 0.3) is 0 Å². The molecule has 2 aromatic rings. The fraction of sp³-hybridized carbons (Fsp3) is 0.231. The Hall–Kier alpha value is -0.800. The number of nitrogens with one attached hydrogen (secondary N) is 1. The van der Waals surface area contributed by atoms with Crippen molar-refractivity contribution < 1.29 is 0 Å². The van der Waals surface area contributed by atoms with Crippen molar-refractivity contribution in [1.82, 2.24) is 0 Å². The van der Waals surface area contributed by atoms with E-state index in [0.717, 1.165) is 6.54 Å². The van der Waals surface area contributed by atoms with E-state index in [1.165, 1.54) is 25.5 Å². The van der Waals surface area contributed by atoms with E-state index in [9.17, 15) is 0 Å². The first-order valence-corrected chi connectivity index (χ1v) is 6.82. The highest BCUT2D eigenvalue weighted by atomic mass is 79.9. The van der Waals surface area contributed by atoms with Crippen LogP contribution in [0.3, 0.4) is 0 Å². The lowest BCUT2D eigenvalue weighted by atomic mass is 10.1. The van der Waals surface area contributed by atoms with Crippen molar-refractivity contribution in [1.29, 1.82) is 0 Å². The predicted molar refractivity (Wildman–Crippen MR) is 75.3 cm³/mol. The number of thiophene rings is 1. The van der Waals surface area contributed by atoms with E-state index >= 15 is 0 Å². The molecule has 0 atom stereocenters. The Morgan fingerprint density at radius 2 is 2.00 bits per heavy atom. The van der Waals surface area contributed by atoms with E-state index in [-0.39, 0.29) is 0 Å². The van der Waals surface area contributed by atoms with Crippen LogP contribution in [0.4, 0.5) is 5.69 Å². The smallest absolute Gasteiger partial charge is 0.0702 e. The Bertz CT molecular complexity index is 490.